The number of benzene rings is 1. The molecule has 1 aromatic rings. The van der Waals surface area contributed by atoms with Crippen LogP contribution in [0.15, 0.2) is 27.6 Å². The predicted octanol–water partition coefficient (Wildman–Crippen LogP) is 3.40. The average Bonchev–Trinajstić information content (AvgIpc) is 2.29. The lowest BCUT2D eigenvalue weighted by Gasteiger charge is -2.19. The first-order valence-electron chi connectivity index (χ1n) is 4.51. The van der Waals surface area contributed by atoms with Crippen molar-refractivity contribution in [2.75, 3.05) is 12.9 Å². The highest BCUT2D eigenvalue weighted by Crippen LogP contribution is 2.33. The molecule has 0 unspecified atom stereocenters. The van der Waals surface area contributed by atoms with E-state index in [0.717, 1.165) is 0 Å². The fourth-order valence-corrected chi connectivity index (χ4v) is 2.29. The second-order valence-corrected chi connectivity index (χ2v) is 4.54. The number of ether oxygens (including phenoxy) is 1. The second kappa shape index (κ2) is 4.59. The van der Waals surface area contributed by atoms with Crippen LogP contribution in [0.4, 0.5) is 4.39 Å². The van der Waals surface area contributed by atoms with Crippen LogP contribution in [0.1, 0.15) is 10.4 Å². The highest BCUT2D eigenvalue weighted by molar-refractivity contribution is 9.11. The molecule has 16 heavy (non-hydrogen) atoms. The first kappa shape index (κ1) is 11.7. The van der Waals surface area contributed by atoms with Gasteiger partial charge in [-0.05, 0) is 17.3 Å². The maximum Gasteiger partial charge on any atom is 0.196 e. The van der Waals surface area contributed by atoms with Crippen LogP contribution in [0.2, 0.25) is 0 Å². The third kappa shape index (κ3) is 1.89. The Bertz CT molecular complexity index is 485. The van der Waals surface area contributed by atoms with E-state index in [9.17, 15) is 9.18 Å². The van der Waals surface area contributed by atoms with Gasteiger partial charge < -0.3 is 4.74 Å². The Balaban J connectivity index is 2.55. The minimum Gasteiger partial charge on any atom is -0.488 e. The molecule has 0 spiro atoms. The minimum atomic E-state index is -0.356. The Morgan fingerprint density at radius 3 is 2.94 bits per heavy atom. The van der Waals surface area contributed by atoms with Crippen LogP contribution in [-0.4, -0.2) is 18.6 Å². The van der Waals surface area contributed by atoms with Gasteiger partial charge in [-0.3, -0.25) is 4.79 Å². The maximum atomic E-state index is 13.4. The van der Waals surface area contributed by atoms with E-state index in [1.54, 1.807) is 11.2 Å². The van der Waals surface area contributed by atoms with Gasteiger partial charge in [-0.1, -0.05) is 15.9 Å². The number of fused-ring (bicyclic) bond motifs is 1. The largest absolute Gasteiger partial charge is 0.488 e. The number of carbonyl (C=O) groups is 1. The van der Waals surface area contributed by atoms with Gasteiger partial charge in [0.25, 0.3) is 0 Å². The van der Waals surface area contributed by atoms with Crippen molar-refractivity contribution in [3.8, 4) is 5.75 Å². The van der Waals surface area contributed by atoms with Crippen LogP contribution in [0.25, 0.3) is 0 Å². The van der Waals surface area contributed by atoms with E-state index in [1.165, 1.54) is 23.9 Å². The van der Waals surface area contributed by atoms with Gasteiger partial charge in [0.15, 0.2) is 5.78 Å². The Labute approximate surface area is 105 Å². The zero-order valence-electron chi connectivity index (χ0n) is 8.42. The van der Waals surface area contributed by atoms with E-state index in [4.69, 9.17) is 4.74 Å². The van der Waals surface area contributed by atoms with E-state index in [-0.39, 0.29) is 18.2 Å². The summed E-state index contributed by atoms with van der Waals surface area (Å²) >= 11 is 4.38. The molecular formula is C11H8BrFO2S. The highest BCUT2D eigenvalue weighted by atomic mass is 79.9. The minimum absolute atomic E-state index is 0.117. The standard InChI is InChI=1S/C11H8BrFO2S/c1-16-10-2-7-9(3-8(10)13)15-5-6(4-12)11(7)14/h2-4H,5H2,1H3/b6-4-. The van der Waals surface area contributed by atoms with Gasteiger partial charge in [0.1, 0.15) is 18.2 Å². The van der Waals surface area contributed by atoms with Crippen LogP contribution in [-0.2, 0) is 0 Å². The van der Waals surface area contributed by atoms with Gasteiger partial charge in [0, 0.05) is 16.5 Å². The summed E-state index contributed by atoms with van der Waals surface area (Å²) < 4.78 is 18.8. The number of thioether (sulfide) groups is 1. The molecule has 0 aromatic heterocycles. The molecule has 1 heterocycles. The summed E-state index contributed by atoms with van der Waals surface area (Å²) in [6, 6.07) is 2.80. The van der Waals surface area contributed by atoms with Gasteiger partial charge >= 0.3 is 0 Å². The van der Waals surface area contributed by atoms with Crippen molar-refractivity contribution in [1.29, 1.82) is 0 Å². The van der Waals surface area contributed by atoms with Gasteiger partial charge in [-0.25, -0.2) is 4.39 Å². The molecule has 5 heteroatoms. The van der Waals surface area contributed by atoms with Gasteiger partial charge in [0.2, 0.25) is 0 Å². The number of hydrogen-bond donors (Lipinski definition) is 0. The topological polar surface area (TPSA) is 26.3 Å². The van der Waals surface area contributed by atoms with Crippen molar-refractivity contribution < 1.29 is 13.9 Å². The van der Waals surface area contributed by atoms with Gasteiger partial charge in [-0.2, -0.15) is 0 Å². The Morgan fingerprint density at radius 2 is 2.31 bits per heavy atom. The van der Waals surface area contributed by atoms with E-state index in [0.29, 0.717) is 21.8 Å². The molecule has 1 aliphatic rings. The highest BCUT2D eigenvalue weighted by Gasteiger charge is 2.24. The van der Waals surface area contributed by atoms with E-state index < -0.39 is 0 Å². The van der Waals surface area contributed by atoms with Gasteiger partial charge in [0.05, 0.1) is 5.56 Å². The molecule has 0 atom stereocenters. The van der Waals surface area contributed by atoms with Crippen molar-refractivity contribution in [2.45, 2.75) is 4.90 Å². The van der Waals surface area contributed by atoms with E-state index >= 15 is 0 Å². The molecule has 1 aliphatic heterocycles. The molecule has 0 amide bonds. The number of ketones is 1. The molecule has 0 fully saturated rings. The van der Waals surface area contributed by atoms with Crippen LogP contribution < -0.4 is 4.74 Å². The molecule has 1 aromatic carbocycles. The zero-order valence-corrected chi connectivity index (χ0v) is 10.8. The molecular weight excluding hydrogens is 295 g/mol. The summed E-state index contributed by atoms with van der Waals surface area (Å²) in [7, 11) is 0. The van der Waals surface area contributed by atoms with Crippen LogP contribution in [0.5, 0.6) is 5.75 Å². The van der Waals surface area contributed by atoms with Gasteiger partial charge in [-0.15, -0.1) is 11.8 Å². The number of halogens is 2. The maximum absolute atomic E-state index is 13.4. The summed E-state index contributed by atoms with van der Waals surface area (Å²) in [6.45, 7) is 0.176. The first-order valence-corrected chi connectivity index (χ1v) is 6.65. The Morgan fingerprint density at radius 1 is 1.56 bits per heavy atom. The second-order valence-electron chi connectivity index (χ2n) is 3.24. The molecule has 84 valence electrons. The average molecular weight is 303 g/mol. The molecule has 0 saturated carbocycles. The van der Waals surface area contributed by atoms with Crippen LogP contribution in [0, 0.1) is 5.82 Å². The zero-order chi connectivity index (χ0) is 11.7. The molecule has 0 saturated heterocycles. The van der Waals surface area contributed by atoms with Crippen molar-refractivity contribution >= 4 is 33.5 Å². The number of rotatable bonds is 1. The molecule has 0 N–H and O–H groups in total. The summed E-state index contributed by atoms with van der Waals surface area (Å²) in [5, 5.41) is 0. The quantitative estimate of drug-likeness (QED) is 0.587. The summed E-state index contributed by atoms with van der Waals surface area (Å²) in [5.74, 6) is -0.155. The van der Waals surface area contributed by atoms with Crippen molar-refractivity contribution in [3.63, 3.8) is 0 Å². The van der Waals surface area contributed by atoms with Crippen molar-refractivity contribution in [1.82, 2.24) is 0 Å². The lowest BCUT2D eigenvalue weighted by molar-refractivity contribution is 0.0999. The Kier molecular flexibility index (Phi) is 3.35. The first-order chi connectivity index (χ1) is 7.67. The van der Waals surface area contributed by atoms with E-state index in [1.807, 2.05) is 0 Å². The normalized spacial score (nSPS) is 17.2. The third-order valence-electron chi connectivity index (χ3n) is 2.31. The lowest BCUT2D eigenvalue weighted by atomic mass is 10.0. The lowest BCUT2D eigenvalue weighted by Crippen LogP contribution is -2.19. The van der Waals surface area contributed by atoms with Crippen LogP contribution >= 0.6 is 27.7 Å². The Hall–Kier alpha value is -0.810. The third-order valence-corrected chi connectivity index (χ3v) is 3.61. The van der Waals surface area contributed by atoms with Crippen LogP contribution in [0.3, 0.4) is 0 Å². The number of hydrogen-bond acceptors (Lipinski definition) is 3. The van der Waals surface area contributed by atoms with E-state index in [2.05, 4.69) is 15.9 Å². The molecule has 0 bridgehead atoms. The van der Waals surface area contributed by atoms with Crippen molar-refractivity contribution in [3.05, 3.63) is 34.1 Å². The SMILES string of the molecule is CSc1cc2c(cc1F)OC/C(=C/Br)C2=O. The molecule has 2 rings (SSSR count). The summed E-state index contributed by atoms with van der Waals surface area (Å²) in [5.41, 5.74) is 0.953. The monoisotopic (exact) mass is 302 g/mol. The molecule has 0 radical (unpaired) electrons. The number of carbonyl (C=O) groups excluding carboxylic acids is 1. The fraction of sp³-hybridized carbons (Fsp3) is 0.182. The molecule has 0 aliphatic carbocycles. The fourth-order valence-electron chi connectivity index (χ4n) is 1.46. The van der Waals surface area contributed by atoms with Crippen molar-refractivity contribution in [2.24, 2.45) is 0 Å². The molecule has 2 nitrogen and oxygen atoms in total. The smallest absolute Gasteiger partial charge is 0.196 e. The predicted molar refractivity (Wildman–Crippen MR) is 65.0 cm³/mol. The number of Topliss-reactive ketones (excluding diaryl/α,β-unsaturated/α-hetero) is 1. The summed E-state index contributed by atoms with van der Waals surface area (Å²) in [6.07, 6.45) is 1.76. The summed E-state index contributed by atoms with van der Waals surface area (Å²) in [4.78, 5) is 13.9.